The van der Waals surface area contributed by atoms with E-state index in [1.807, 2.05) is 12.1 Å². The van der Waals surface area contributed by atoms with Crippen molar-refractivity contribution < 1.29 is 14.7 Å². The minimum absolute atomic E-state index is 0.166. The average molecular weight is 306 g/mol. The van der Waals surface area contributed by atoms with Crippen molar-refractivity contribution in [3.05, 3.63) is 65.9 Å². The largest absolute Gasteiger partial charge is 0.478 e. The zero-order valence-corrected chi connectivity index (χ0v) is 12.4. The minimum atomic E-state index is -0.992. The van der Waals surface area contributed by atoms with Crippen LogP contribution in [0.4, 0.5) is 0 Å². The third-order valence-corrected chi connectivity index (χ3v) is 3.66. The Labute approximate surface area is 132 Å². The molecule has 5 nitrogen and oxygen atoms in total. The molecule has 0 radical (unpaired) electrons. The first kappa shape index (κ1) is 14.7. The van der Waals surface area contributed by atoms with Crippen molar-refractivity contribution in [2.75, 3.05) is 7.05 Å². The lowest BCUT2D eigenvalue weighted by Crippen LogP contribution is -2.17. The number of carbonyl (C=O) groups excluding carboxylic acids is 1. The average Bonchev–Trinajstić information content (AvgIpc) is 2.60. The molecule has 2 N–H and O–H groups in total. The highest BCUT2D eigenvalue weighted by Gasteiger charge is 2.11. The van der Waals surface area contributed by atoms with Crippen molar-refractivity contribution in [2.45, 2.75) is 0 Å². The molecule has 5 heteroatoms. The Morgan fingerprint density at radius 2 is 1.83 bits per heavy atom. The van der Waals surface area contributed by atoms with Gasteiger partial charge in [-0.1, -0.05) is 18.2 Å². The molecule has 1 amide bonds. The molecule has 0 saturated carbocycles. The first-order chi connectivity index (χ1) is 11.1. The van der Waals surface area contributed by atoms with Crippen molar-refractivity contribution >= 4 is 22.8 Å². The smallest absolute Gasteiger partial charge is 0.336 e. The topological polar surface area (TPSA) is 79.3 Å². The van der Waals surface area contributed by atoms with Gasteiger partial charge in [0.2, 0.25) is 0 Å². The molecule has 0 aliphatic carbocycles. The van der Waals surface area contributed by atoms with E-state index < -0.39 is 5.97 Å². The maximum Gasteiger partial charge on any atom is 0.336 e. The number of hydrogen-bond acceptors (Lipinski definition) is 3. The van der Waals surface area contributed by atoms with Crippen LogP contribution in [0.15, 0.2) is 54.7 Å². The van der Waals surface area contributed by atoms with Gasteiger partial charge in [-0.2, -0.15) is 0 Å². The molecule has 0 saturated heterocycles. The summed E-state index contributed by atoms with van der Waals surface area (Å²) in [5.41, 5.74) is 3.05. The molecule has 0 aliphatic rings. The molecule has 2 aromatic carbocycles. The van der Waals surface area contributed by atoms with Gasteiger partial charge in [-0.25, -0.2) is 4.79 Å². The minimum Gasteiger partial charge on any atom is -0.478 e. The van der Waals surface area contributed by atoms with Crippen LogP contribution >= 0.6 is 0 Å². The highest BCUT2D eigenvalue weighted by molar-refractivity contribution is 6.03. The Morgan fingerprint density at radius 3 is 2.57 bits per heavy atom. The van der Waals surface area contributed by atoms with Crippen LogP contribution in [-0.4, -0.2) is 29.0 Å². The van der Waals surface area contributed by atoms with Crippen LogP contribution in [0.3, 0.4) is 0 Å². The predicted octanol–water partition coefficient (Wildman–Crippen LogP) is 2.96. The lowest BCUT2D eigenvalue weighted by molar-refractivity contribution is 0.0698. The fourth-order valence-electron chi connectivity index (χ4n) is 2.50. The molecule has 0 aliphatic heterocycles. The number of nitrogens with one attached hydrogen (secondary N) is 1. The molecule has 114 valence electrons. The number of pyridine rings is 1. The van der Waals surface area contributed by atoms with Gasteiger partial charge >= 0.3 is 5.97 Å². The number of hydrogen-bond donors (Lipinski definition) is 2. The SMILES string of the molecule is CNC(=O)c1cccc(-c2ccc3nccc(C(=O)O)c3c2)c1. The van der Waals surface area contributed by atoms with Gasteiger partial charge < -0.3 is 10.4 Å². The van der Waals surface area contributed by atoms with E-state index >= 15 is 0 Å². The summed E-state index contributed by atoms with van der Waals surface area (Å²) in [6.07, 6.45) is 1.48. The maximum atomic E-state index is 11.8. The first-order valence-corrected chi connectivity index (χ1v) is 7.05. The fraction of sp³-hybridized carbons (Fsp3) is 0.0556. The summed E-state index contributed by atoms with van der Waals surface area (Å²) in [5, 5.41) is 12.5. The molecule has 0 spiro atoms. The predicted molar refractivity (Wildman–Crippen MR) is 87.5 cm³/mol. The van der Waals surface area contributed by atoms with E-state index in [1.54, 1.807) is 37.4 Å². The second kappa shape index (κ2) is 5.88. The van der Waals surface area contributed by atoms with Crippen molar-refractivity contribution in [2.24, 2.45) is 0 Å². The molecular weight excluding hydrogens is 292 g/mol. The molecular formula is C18H14N2O3. The summed E-state index contributed by atoms with van der Waals surface area (Å²) in [4.78, 5) is 27.3. The fourth-order valence-corrected chi connectivity index (χ4v) is 2.50. The van der Waals surface area contributed by atoms with Crippen LogP contribution in [0, 0.1) is 0 Å². The van der Waals surface area contributed by atoms with Crippen LogP contribution in [0.25, 0.3) is 22.0 Å². The number of amides is 1. The molecule has 0 fully saturated rings. The quantitative estimate of drug-likeness (QED) is 0.779. The van der Waals surface area contributed by atoms with E-state index in [1.165, 1.54) is 12.3 Å². The number of benzene rings is 2. The zero-order chi connectivity index (χ0) is 16.4. The summed E-state index contributed by atoms with van der Waals surface area (Å²) in [5.74, 6) is -1.16. The Bertz CT molecular complexity index is 919. The molecule has 3 rings (SSSR count). The summed E-state index contributed by atoms with van der Waals surface area (Å²) < 4.78 is 0. The van der Waals surface area contributed by atoms with Crippen LogP contribution in [-0.2, 0) is 0 Å². The maximum absolute atomic E-state index is 11.8. The summed E-state index contributed by atoms with van der Waals surface area (Å²) in [6.45, 7) is 0. The van der Waals surface area contributed by atoms with Gasteiger partial charge in [0, 0.05) is 24.2 Å². The lowest BCUT2D eigenvalue weighted by Gasteiger charge is -2.07. The Balaban J connectivity index is 2.16. The number of carboxylic acid groups (broad SMARTS) is 1. The van der Waals surface area contributed by atoms with E-state index in [2.05, 4.69) is 10.3 Å². The second-order valence-corrected chi connectivity index (χ2v) is 5.06. The van der Waals surface area contributed by atoms with Gasteiger partial charge in [-0.3, -0.25) is 9.78 Å². The zero-order valence-electron chi connectivity index (χ0n) is 12.4. The molecule has 1 aromatic heterocycles. The van der Waals surface area contributed by atoms with E-state index in [0.29, 0.717) is 16.5 Å². The highest BCUT2D eigenvalue weighted by Crippen LogP contribution is 2.26. The lowest BCUT2D eigenvalue weighted by atomic mass is 9.99. The van der Waals surface area contributed by atoms with E-state index in [-0.39, 0.29) is 11.5 Å². The number of aromatic nitrogens is 1. The number of nitrogens with zero attached hydrogens (tertiary/aromatic N) is 1. The number of rotatable bonds is 3. The monoisotopic (exact) mass is 306 g/mol. The van der Waals surface area contributed by atoms with Gasteiger partial charge in [0.05, 0.1) is 11.1 Å². The van der Waals surface area contributed by atoms with Gasteiger partial charge in [-0.15, -0.1) is 0 Å². The number of aromatic carboxylic acids is 1. The molecule has 1 heterocycles. The van der Waals surface area contributed by atoms with Crippen molar-refractivity contribution in [3.8, 4) is 11.1 Å². The van der Waals surface area contributed by atoms with Crippen molar-refractivity contribution in [1.29, 1.82) is 0 Å². The van der Waals surface area contributed by atoms with Crippen LogP contribution in [0.2, 0.25) is 0 Å². The molecule has 0 bridgehead atoms. The van der Waals surface area contributed by atoms with Crippen LogP contribution in [0.1, 0.15) is 20.7 Å². The van der Waals surface area contributed by atoms with Crippen LogP contribution in [0.5, 0.6) is 0 Å². The van der Waals surface area contributed by atoms with E-state index in [9.17, 15) is 14.7 Å². The molecule has 3 aromatic rings. The molecule has 0 atom stereocenters. The standard InChI is InChI=1S/C18H14N2O3/c1-19-17(21)13-4-2-3-11(9-13)12-5-6-16-15(10-12)14(18(22)23)7-8-20-16/h2-10H,1H3,(H,19,21)(H,22,23). The van der Waals surface area contributed by atoms with Crippen LogP contribution < -0.4 is 5.32 Å². The third kappa shape index (κ3) is 2.76. The van der Waals surface area contributed by atoms with Crippen molar-refractivity contribution in [3.63, 3.8) is 0 Å². The molecule has 23 heavy (non-hydrogen) atoms. The van der Waals surface area contributed by atoms with Gasteiger partial charge in [0.1, 0.15) is 0 Å². The molecule has 0 unspecified atom stereocenters. The third-order valence-electron chi connectivity index (χ3n) is 3.66. The first-order valence-electron chi connectivity index (χ1n) is 7.05. The summed E-state index contributed by atoms with van der Waals surface area (Å²) >= 11 is 0. The van der Waals surface area contributed by atoms with Gasteiger partial charge in [-0.05, 0) is 41.5 Å². The Kier molecular flexibility index (Phi) is 3.76. The number of carbonyl (C=O) groups is 2. The Hall–Kier alpha value is -3.21. The second-order valence-electron chi connectivity index (χ2n) is 5.06. The summed E-state index contributed by atoms with van der Waals surface area (Å²) in [6, 6.07) is 14.1. The van der Waals surface area contributed by atoms with E-state index in [0.717, 1.165) is 11.1 Å². The number of carboxylic acids is 1. The van der Waals surface area contributed by atoms with E-state index in [4.69, 9.17) is 0 Å². The van der Waals surface area contributed by atoms with Gasteiger partial charge in [0.15, 0.2) is 0 Å². The highest BCUT2D eigenvalue weighted by atomic mass is 16.4. The Morgan fingerprint density at radius 1 is 1.04 bits per heavy atom. The normalized spacial score (nSPS) is 10.5. The van der Waals surface area contributed by atoms with Crippen molar-refractivity contribution in [1.82, 2.24) is 10.3 Å². The number of fused-ring (bicyclic) bond motifs is 1. The summed E-state index contributed by atoms with van der Waals surface area (Å²) in [7, 11) is 1.58. The van der Waals surface area contributed by atoms with Gasteiger partial charge in [0.25, 0.3) is 5.91 Å².